The maximum Gasteiger partial charge on any atom is 0.303 e. The number of carbonyl (C=O) groups is 3. The average molecular weight is 622 g/mol. The Kier molecular flexibility index (Phi) is 12.2. The number of ether oxygens (including phenoxy) is 3. The molecule has 1 heterocycles. The second kappa shape index (κ2) is 16.0. The van der Waals surface area contributed by atoms with E-state index in [4.69, 9.17) is 24.4 Å². The number of halogens is 1. The van der Waals surface area contributed by atoms with Crippen molar-refractivity contribution in [2.75, 3.05) is 32.0 Å². The Balaban J connectivity index is 0.000000620. The molecule has 0 bridgehead atoms. The van der Waals surface area contributed by atoms with Crippen molar-refractivity contribution in [3.8, 4) is 23.0 Å². The van der Waals surface area contributed by atoms with Crippen LogP contribution in [-0.4, -0.2) is 54.3 Å². The van der Waals surface area contributed by atoms with Crippen LogP contribution in [0.1, 0.15) is 32.6 Å². The number of carbonyl (C=O) groups excluding carboxylic acids is 2. The Bertz CT molecular complexity index is 1610. The van der Waals surface area contributed by atoms with E-state index in [1.165, 1.54) is 24.3 Å². The lowest BCUT2D eigenvalue weighted by Gasteiger charge is -2.16. The fraction of sp³-hybridized carbons (Fsp3) is 0.273. The lowest BCUT2D eigenvalue weighted by molar-refractivity contribution is -0.137. The summed E-state index contributed by atoms with van der Waals surface area (Å²) in [5.41, 5.74) is 0.517. The SMILES string of the molecule is CCCC(=O)O.CO.COc1cc2nccc(Oc3ccc(NC(=O)C4(C(=O)Nc5ccc(F)cc5)CC4)cc3)c2cc1OC. The molecule has 4 N–H and O–H groups in total. The number of pyridine rings is 1. The number of carboxylic acids is 1. The third kappa shape index (κ3) is 8.89. The highest BCUT2D eigenvalue weighted by atomic mass is 19.1. The summed E-state index contributed by atoms with van der Waals surface area (Å²) in [5, 5.41) is 21.2. The van der Waals surface area contributed by atoms with E-state index in [9.17, 15) is 18.8 Å². The summed E-state index contributed by atoms with van der Waals surface area (Å²) >= 11 is 0. The number of anilines is 2. The van der Waals surface area contributed by atoms with Crippen molar-refractivity contribution in [3.05, 3.63) is 78.7 Å². The number of aliphatic carboxylic acids is 1. The summed E-state index contributed by atoms with van der Waals surface area (Å²) in [4.78, 5) is 39.7. The number of aliphatic hydroxyl groups is 1. The molecular formula is C33H36FN3O8. The van der Waals surface area contributed by atoms with Gasteiger partial charge in [0.15, 0.2) is 11.5 Å². The predicted molar refractivity (Wildman–Crippen MR) is 167 cm³/mol. The molecule has 12 heteroatoms. The summed E-state index contributed by atoms with van der Waals surface area (Å²) in [7, 11) is 4.12. The van der Waals surface area contributed by atoms with E-state index >= 15 is 0 Å². The van der Waals surface area contributed by atoms with Crippen molar-refractivity contribution in [2.45, 2.75) is 32.6 Å². The van der Waals surface area contributed by atoms with E-state index in [1.54, 1.807) is 62.9 Å². The van der Waals surface area contributed by atoms with Crippen LogP contribution in [0.5, 0.6) is 23.0 Å². The number of fused-ring (bicyclic) bond motifs is 1. The summed E-state index contributed by atoms with van der Waals surface area (Å²) < 4.78 is 29.9. The number of aromatic nitrogens is 1. The fourth-order valence-corrected chi connectivity index (χ4v) is 4.20. The molecule has 3 aromatic carbocycles. The van der Waals surface area contributed by atoms with Crippen LogP contribution in [0.25, 0.3) is 10.9 Å². The molecule has 0 spiro atoms. The van der Waals surface area contributed by atoms with Crippen LogP contribution in [0.3, 0.4) is 0 Å². The van der Waals surface area contributed by atoms with Crippen LogP contribution in [0.15, 0.2) is 72.9 Å². The number of hydrogen-bond acceptors (Lipinski definition) is 8. The molecule has 2 amide bonds. The van der Waals surface area contributed by atoms with Crippen LogP contribution < -0.4 is 24.8 Å². The number of methoxy groups -OCH3 is 2. The number of aliphatic hydroxyl groups excluding tert-OH is 1. The van der Waals surface area contributed by atoms with Gasteiger partial charge in [0.25, 0.3) is 0 Å². The summed E-state index contributed by atoms with van der Waals surface area (Å²) in [5.74, 6) is 0.351. The number of amides is 2. The monoisotopic (exact) mass is 621 g/mol. The van der Waals surface area contributed by atoms with Crippen molar-refractivity contribution < 1.29 is 43.2 Å². The lowest BCUT2D eigenvalue weighted by Crippen LogP contribution is -2.35. The highest BCUT2D eigenvalue weighted by Gasteiger charge is 2.56. The Morgan fingerprint density at radius 2 is 1.38 bits per heavy atom. The molecule has 1 aromatic heterocycles. The van der Waals surface area contributed by atoms with Gasteiger partial charge in [-0.1, -0.05) is 6.92 Å². The first-order valence-corrected chi connectivity index (χ1v) is 14.0. The number of hydrogen-bond donors (Lipinski definition) is 4. The molecule has 0 aliphatic heterocycles. The van der Waals surface area contributed by atoms with Crippen molar-refractivity contribution >= 4 is 40.1 Å². The molecule has 0 unspecified atom stereocenters. The van der Waals surface area contributed by atoms with Gasteiger partial charge in [-0.3, -0.25) is 19.4 Å². The minimum Gasteiger partial charge on any atom is -0.493 e. The van der Waals surface area contributed by atoms with E-state index in [2.05, 4.69) is 15.6 Å². The molecule has 1 fully saturated rings. The van der Waals surface area contributed by atoms with E-state index in [0.717, 1.165) is 18.9 Å². The quantitative estimate of drug-likeness (QED) is 0.156. The molecule has 1 aliphatic rings. The third-order valence-corrected chi connectivity index (χ3v) is 6.73. The minimum absolute atomic E-state index is 0.292. The van der Waals surface area contributed by atoms with E-state index < -0.39 is 23.1 Å². The summed E-state index contributed by atoms with van der Waals surface area (Å²) in [6, 6.07) is 17.6. The summed E-state index contributed by atoms with van der Waals surface area (Å²) in [6.45, 7) is 1.84. The molecule has 4 aromatic rings. The van der Waals surface area contributed by atoms with Crippen LogP contribution in [0, 0.1) is 11.2 Å². The predicted octanol–water partition coefficient (Wildman–Crippen LogP) is 6.02. The van der Waals surface area contributed by atoms with Gasteiger partial charge in [0, 0.05) is 42.6 Å². The zero-order valence-corrected chi connectivity index (χ0v) is 25.4. The Hall–Kier alpha value is -5.23. The minimum atomic E-state index is -1.14. The van der Waals surface area contributed by atoms with Gasteiger partial charge in [-0.15, -0.1) is 0 Å². The number of rotatable bonds is 10. The fourth-order valence-electron chi connectivity index (χ4n) is 4.20. The second-order valence-corrected chi connectivity index (χ2v) is 9.80. The van der Waals surface area contributed by atoms with Crippen molar-refractivity contribution in [1.29, 1.82) is 0 Å². The average Bonchev–Trinajstić information content (AvgIpc) is 3.86. The lowest BCUT2D eigenvalue weighted by atomic mass is 10.0. The Morgan fingerprint density at radius 1 is 0.844 bits per heavy atom. The highest BCUT2D eigenvalue weighted by molar-refractivity contribution is 6.16. The first kappa shape index (κ1) is 34.3. The number of carboxylic acid groups (broad SMARTS) is 1. The molecule has 1 saturated carbocycles. The molecule has 238 valence electrons. The van der Waals surface area contributed by atoms with Crippen LogP contribution in [-0.2, 0) is 14.4 Å². The largest absolute Gasteiger partial charge is 0.493 e. The molecule has 11 nitrogen and oxygen atoms in total. The first-order valence-electron chi connectivity index (χ1n) is 14.0. The van der Waals surface area contributed by atoms with Crippen LogP contribution in [0.4, 0.5) is 15.8 Å². The van der Waals surface area contributed by atoms with Crippen molar-refractivity contribution in [3.63, 3.8) is 0 Å². The van der Waals surface area contributed by atoms with E-state index in [1.807, 2.05) is 6.92 Å². The normalized spacial score (nSPS) is 12.3. The van der Waals surface area contributed by atoms with Gasteiger partial charge >= 0.3 is 5.97 Å². The van der Waals surface area contributed by atoms with Gasteiger partial charge in [-0.05, 0) is 79.9 Å². The maximum atomic E-state index is 13.1. The number of benzene rings is 3. The van der Waals surface area contributed by atoms with Gasteiger partial charge in [0.05, 0.1) is 19.7 Å². The van der Waals surface area contributed by atoms with Gasteiger partial charge in [0.2, 0.25) is 11.8 Å². The number of nitrogens with zero attached hydrogens (tertiary/aromatic N) is 1. The molecule has 45 heavy (non-hydrogen) atoms. The Labute approximate surface area is 260 Å². The van der Waals surface area contributed by atoms with Gasteiger partial charge in [0.1, 0.15) is 22.7 Å². The van der Waals surface area contributed by atoms with E-state index in [-0.39, 0.29) is 5.91 Å². The zero-order valence-electron chi connectivity index (χ0n) is 25.4. The highest BCUT2D eigenvalue weighted by Crippen LogP contribution is 2.47. The Morgan fingerprint density at radius 3 is 1.84 bits per heavy atom. The van der Waals surface area contributed by atoms with Gasteiger partial charge in [-0.25, -0.2) is 4.39 Å². The number of nitrogens with one attached hydrogen (secondary N) is 2. The van der Waals surface area contributed by atoms with Gasteiger partial charge in [-0.2, -0.15) is 0 Å². The smallest absolute Gasteiger partial charge is 0.303 e. The first-order chi connectivity index (χ1) is 21.7. The standard InChI is InChI=1S/C28H24FN3O5.C4H8O2.CH4O/c1-35-24-15-21-22(16-25(24)36-2)30-14-11-23(21)37-20-9-7-19(8-10-20)32-27(34)28(12-13-28)26(33)31-18-5-3-17(29)4-6-18;1-2-3-4(5)6;1-2/h3-11,14-16H,12-13H2,1-2H3,(H,31,33)(H,32,34);2-3H2,1H3,(H,5,6);2H,1H3. The molecule has 1 aliphatic carbocycles. The van der Waals surface area contributed by atoms with Crippen LogP contribution in [0.2, 0.25) is 0 Å². The second-order valence-electron chi connectivity index (χ2n) is 9.80. The topological polar surface area (TPSA) is 156 Å². The molecule has 0 radical (unpaired) electrons. The van der Waals surface area contributed by atoms with E-state index in [0.29, 0.717) is 59.2 Å². The van der Waals surface area contributed by atoms with Crippen molar-refractivity contribution in [1.82, 2.24) is 4.98 Å². The molecule has 0 atom stereocenters. The molecule has 0 saturated heterocycles. The zero-order chi connectivity index (χ0) is 33.0. The van der Waals surface area contributed by atoms with Gasteiger partial charge < -0.3 is 35.1 Å². The maximum absolute atomic E-state index is 13.1. The van der Waals surface area contributed by atoms with Crippen molar-refractivity contribution in [2.24, 2.45) is 5.41 Å². The molecule has 5 rings (SSSR count). The molecular weight excluding hydrogens is 585 g/mol. The van der Waals surface area contributed by atoms with Crippen LogP contribution >= 0.6 is 0 Å². The summed E-state index contributed by atoms with van der Waals surface area (Å²) in [6.07, 6.45) is 3.55. The third-order valence-electron chi connectivity index (χ3n) is 6.73.